The number of sulfonamides is 1. The van der Waals surface area contributed by atoms with E-state index in [0.29, 0.717) is 5.56 Å². The fraction of sp³-hybridized carbons (Fsp3) is 0.278. The van der Waals surface area contributed by atoms with Crippen molar-refractivity contribution in [2.75, 3.05) is 11.3 Å². The van der Waals surface area contributed by atoms with E-state index in [-0.39, 0.29) is 35.2 Å². The van der Waals surface area contributed by atoms with Crippen LogP contribution < -0.4 is 10.0 Å². The number of nitro benzene ring substituents is 1. The van der Waals surface area contributed by atoms with Crippen LogP contribution in [0.2, 0.25) is 0 Å². The SMILES string of the molecule is CC(C)(CO)NC(=O)Cc1ccc(NS(=O)(=O)c2cccc([N+](=O)[O-])c2)cc1. The Bertz CT molecular complexity index is 971. The quantitative estimate of drug-likeness (QED) is 0.451. The number of nitrogens with one attached hydrogen (secondary N) is 2. The molecule has 1 amide bonds. The van der Waals surface area contributed by atoms with Gasteiger partial charge < -0.3 is 10.4 Å². The molecular weight excluding hydrogens is 386 g/mol. The average molecular weight is 407 g/mol. The van der Waals surface area contributed by atoms with Gasteiger partial charge in [0.1, 0.15) is 0 Å². The molecule has 0 aliphatic carbocycles. The number of carbonyl (C=O) groups excluding carboxylic acids is 1. The Morgan fingerprint density at radius 1 is 1.18 bits per heavy atom. The molecule has 0 saturated carbocycles. The van der Waals surface area contributed by atoms with E-state index in [0.717, 1.165) is 6.07 Å². The fourth-order valence-electron chi connectivity index (χ4n) is 2.32. The summed E-state index contributed by atoms with van der Waals surface area (Å²) < 4.78 is 27.2. The lowest BCUT2D eigenvalue weighted by Gasteiger charge is -2.23. The van der Waals surface area contributed by atoms with Crippen LogP contribution in [0.5, 0.6) is 0 Å². The Labute approximate surface area is 162 Å². The highest BCUT2D eigenvalue weighted by Crippen LogP contribution is 2.21. The van der Waals surface area contributed by atoms with E-state index < -0.39 is 20.5 Å². The predicted molar refractivity (Wildman–Crippen MR) is 103 cm³/mol. The Balaban J connectivity index is 2.08. The monoisotopic (exact) mass is 407 g/mol. The summed E-state index contributed by atoms with van der Waals surface area (Å²) in [6.07, 6.45) is 0.0708. The molecule has 0 aliphatic rings. The second kappa shape index (κ2) is 8.36. The third-order valence-electron chi connectivity index (χ3n) is 3.78. The average Bonchev–Trinajstić information content (AvgIpc) is 2.63. The van der Waals surface area contributed by atoms with E-state index >= 15 is 0 Å². The van der Waals surface area contributed by atoms with Crippen molar-refractivity contribution in [2.24, 2.45) is 0 Å². The molecule has 0 spiro atoms. The maximum absolute atomic E-state index is 12.4. The minimum absolute atomic E-state index is 0.0708. The summed E-state index contributed by atoms with van der Waals surface area (Å²) in [6, 6.07) is 10.9. The van der Waals surface area contributed by atoms with Crippen molar-refractivity contribution in [3.8, 4) is 0 Å². The molecule has 2 aromatic carbocycles. The second-order valence-electron chi connectivity index (χ2n) is 6.82. The molecule has 3 N–H and O–H groups in total. The molecule has 150 valence electrons. The largest absolute Gasteiger partial charge is 0.394 e. The van der Waals surface area contributed by atoms with E-state index in [1.54, 1.807) is 26.0 Å². The van der Waals surface area contributed by atoms with E-state index in [1.165, 1.54) is 30.3 Å². The van der Waals surface area contributed by atoms with E-state index in [1.807, 2.05) is 0 Å². The first-order valence-corrected chi connectivity index (χ1v) is 9.79. The zero-order chi connectivity index (χ0) is 20.9. The van der Waals surface area contributed by atoms with Gasteiger partial charge in [-0.25, -0.2) is 8.42 Å². The third-order valence-corrected chi connectivity index (χ3v) is 5.16. The number of hydrogen-bond donors (Lipinski definition) is 3. The predicted octanol–water partition coefficient (Wildman–Crippen LogP) is 1.83. The minimum atomic E-state index is -3.99. The molecule has 0 atom stereocenters. The Morgan fingerprint density at radius 3 is 2.39 bits per heavy atom. The topological polar surface area (TPSA) is 139 Å². The molecule has 0 fully saturated rings. The summed E-state index contributed by atoms with van der Waals surface area (Å²) in [4.78, 5) is 21.9. The van der Waals surface area contributed by atoms with E-state index in [9.17, 15) is 28.4 Å². The van der Waals surface area contributed by atoms with Crippen LogP contribution in [-0.2, 0) is 21.2 Å². The fourth-order valence-corrected chi connectivity index (χ4v) is 3.41. The summed E-state index contributed by atoms with van der Waals surface area (Å²) in [6.45, 7) is 3.19. The van der Waals surface area contributed by atoms with Crippen LogP contribution >= 0.6 is 0 Å². The van der Waals surface area contributed by atoms with Gasteiger partial charge in [0, 0.05) is 17.8 Å². The number of aliphatic hydroxyl groups excluding tert-OH is 1. The zero-order valence-corrected chi connectivity index (χ0v) is 16.2. The summed E-state index contributed by atoms with van der Waals surface area (Å²) in [5.74, 6) is -0.274. The first-order chi connectivity index (χ1) is 13.0. The number of rotatable bonds is 8. The summed E-state index contributed by atoms with van der Waals surface area (Å²) in [7, 11) is -3.99. The van der Waals surface area contributed by atoms with Gasteiger partial charge in [0.25, 0.3) is 15.7 Å². The Kier molecular flexibility index (Phi) is 6.37. The second-order valence-corrected chi connectivity index (χ2v) is 8.51. The number of aliphatic hydroxyl groups is 1. The number of benzene rings is 2. The van der Waals surface area contributed by atoms with E-state index in [2.05, 4.69) is 10.0 Å². The van der Waals surface area contributed by atoms with Gasteiger partial charge in [-0.2, -0.15) is 0 Å². The lowest BCUT2D eigenvalue weighted by molar-refractivity contribution is -0.385. The maximum Gasteiger partial charge on any atom is 0.270 e. The number of hydrogen-bond acceptors (Lipinski definition) is 6. The van der Waals surface area contributed by atoms with Gasteiger partial charge in [-0.1, -0.05) is 18.2 Å². The Morgan fingerprint density at radius 2 is 1.82 bits per heavy atom. The molecule has 28 heavy (non-hydrogen) atoms. The van der Waals surface area contributed by atoms with Gasteiger partial charge in [0.15, 0.2) is 0 Å². The normalized spacial score (nSPS) is 11.7. The summed E-state index contributed by atoms with van der Waals surface area (Å²) in [5, 5.41) is 22.7. The molecule has 0 bridgehead atoms. The Hall–Kier alpha value is -2.98. The van der Waals surface area contributed by atoms with Gasteiger partial charge in [0.2, 0.25) is 5.91 Å². The van der Waals surface area contributed by atoms with Crippen LogP contribution in [0.1, 0.15) is 19.4 Å². The highest BCUT2D eigenvalue weighted by atomic mass is 32.2. The van der Waals surface area contributed by atoms with Crippen molar-refractivity contribution in [1.82, 2.24) is 5.32 Å². The molecule has 2 aromatic rings. The first-order valence-electron chi connectivity index (χ1n) is 8.30. The molecule has 9 nitrogen and oxygen atoms in total. The van der Waals surface area contributed by atoms with Gasteiger partial charge in [0.05, 0.1) is 28.4 Å². The van der Waals surface area contributed by atoms with Crippen molar-refractivity contribution < 1.29 is 23.2 Å². The molecule has 0 aliphatic heterocycles. The third kappa shape index (κ3) is 5.76. The number of amides is 1. The molecule has 0 heterocycles. The van der Waals surface area contributed by atoms with E-state index in [4.69, 9.17) is 0 Å². The molecular formula is C18H21N3O6S. The molecule has 10 heteroatoms. The molecule has 0 saturated heterocycles. The van der Waals surface area contributed by atoms with Crippen molar-refractivity contribution in [3.05, 3.63) is 64.2 Å². The number of carbonyl (C=O) groups is 1. The van der Waals surface area contributed by atoms with Crippen LogP contribution in [0.3, 0.4) is 0 Å². The maximum atomic E-state index is 12.4. The molecule has 0 radical (unpaired) electrons. The molecule has 2 rings (SSSR count). The minimum Gasteiger partial charge on any atom is -0.394 e. The van der Waals surface area contributed by atoms with Crippen molar-refractivity contribution in [3.63, 3.8) is 0 Å². The van der Waals surface area contributed by atoms with Gasteiger partial charge in [-0.05, 0) is 37.6 Å². The summed E-state index contributed by atoms with van der Waals surface area (Å²) >= 11 is 0. The van der Waals surface area contributed by atoms with Crippen molar-refractivity contribution >= 4 is 27.3 Å². The molecule has 0 unspecified atom stereocenters. The number of nitro groups is 1. The number of non-ortho nitro benzene ring substituents is 1. The van der Waals surface area contributed by atoms with Crippen LogP contribution in [0.4, 0.5) is 11.4 Å². The standard InChI is InChI=1S/C18H21N3O6S/c1-18(2,12-22)19-17(23)10-13-6-8-14(9-7-13)20-28(26,27)16-5-3-4-15(11-16)21(24)25/h3-9,11,20,22H,10,12H2,1-2H3,(H,19,23). The number of nitrogens with zero attached hydrogens (tertiary/aromatic N) is 1. The van der Waals surface area contributed by atoms with Crippen LogP contribution in [-0.4, -0.2) is 36.5 Å². The number of anilines is 1. The van der Waals surface area contributed by atoms with Crippen molar-refractivity contribution in [2.45, 2.75) is 30.7 Å². The zero-order valence-electron chi connectivity index (χ0n) is 15.4. The summed E-state index contributed by atoms with van der Waals surface area (Å²) in [5.41, 5.74) is -0.142. The van der Waals surface area contributed by atoms with Gasteiger partial charge in [-0.3, -0.25) is 19.6 Å². The van der Waals surface area contributed by atoms with Crippen molar-refractivity contribution in [1.29, 1.82) is 0 Å². The smallest absolute Gasteiger partial charge is 0.270 e. The highest BCUT2D eigenvalue weighted by Gasteiger charge is 2.20. The van der Waals surface area contributed by atoms with Gasteiger partial charge >= 0.3 is 0 Å². The first kappa shape index (κ1) is 21.3. The highest BCUT2D eigenvalue weighted by molar-refractivity contribution is 7.92. The lowest BCUT2D eigenvalue weighted by atomic mass is 10.1. The molecule has 0 aromatic heterocycles. The van der Waals surface area contributed by atoms with Crippen LogP contribution in [0.25, 0.3) is 0 Å². The van der Waals surface area contributed by atoms with Gasteiger partial charge in [-0.15, -0.1) is 0 Å². The van der Waals surface area contributed by atoms with Crippen LogP contribution in [0.15, 0.2) is 53.4 Å². The lowest BCUT2D eigenvalue weighted by Crippen LogP contribution is -2.46. The van der Waals surface area contributed by atoms with Crippen LogP contribution in [0, 0.1) is 10.1 Å².